The van der Waals surface area contributed by atoms with Crippen molar-refractivity contribution in [3.8, 4) is 29.4 Å². The Kier molecular flexibility index (Phi) is 8.49. The minimum Gasteiger partial charge on any atom is -0.493 e. The Balaban J connectivity index is 0.00000324. The summed E-state index contributed by atoms with van der Waals surface area (Å²) in [5.74, 6) is 11.2. The lowest BCUT2D eigenvalue weighted by Gasteiger charge is -2.57. The second-order valence-corrected chi connectivity index (χ2v) is 11.4. The summed E-state index contributed by atoms with van der Waals surface area (Å²) in [7, 11) is 5.48. The zero-order chi connectivity index (χ0) is 23.6. The highest BCUT2D eigenvalue weighted by atomic mass is 35.5. The van der Waals surface area contributed by atoms with Crippen LogP contribution in [0.25, 0.3) is 0 Å². The van der Waals surface area contributed by atoms with Crippen molar-refractivity contribution >= 4 is 12.4 Å². The molecular weight excluding hydrogens is 444 g/mol. The molecule has 4 nitrogen and oxygen atoms in total. The van der Waals surface area contributed by atoms with Crippen LogP contribution in [0.15, 0.2) is 18.2 Å². The molecule has 0 heterocycles. The minimum atomic E-state index is -0.676. The zero-order valence-electron chi connectivity index (χ0n) is 21.5. The summed E-state index contributed by atoms with van der Waals surface area (Å²) < 4.78 is 10.9. The fraction of sp³-hybridized carbons (Fsp3) is 0.690. The van der Waals surface area contributed by atoms with Gasteiger partial charge in [0.15, 0.2) is 11.5 Å². The van der Waals surface area contributed by atoms with Crippen LogP contribution in [0.4, 0.5) is 0 Å². The van der Waals surface area contributed by atoms with Crippen molar-refractivity contribution < 1.29 is 9.47 Å². The second kappa shape index (κ2) is 10.8. The molecule has 0 aliphatic heterocycles. The van der Waals surface area contributed by atoms with Crippen molar-refractivity contribution in [3.05, 3.63) is 23.8 Å². The van der Waals surface area contributed by atoms with Crippen LogP contribution in [0.3, 0.4) is 0 Å². The lowest BCUT2D eigenvalue weighted by molar-refractivity contribution is -0.0648. The molecule has 4 fully saturated rings. The highest BCUT2D eigenvalue weighted by Gasteiger charge is 2.50. The lowest BCUT2D eigenvalue weighted by Crippen LogP contribution is -2.50. The molecule has 4 bridgehead atoms. The molecule has 1 atom stereocenters. The van der Waals surface area contributed by atoms with Gasteiger partial charge in [0, 0.05) is 13.0 Å². The molecule has 0 amide bonds. The topological polar surface area (TPSA) is 45.5 Å². The Bertz CT molecular complexity index is 922. The molecule has 0 aromatic heterocycles. The summed E-state index contributed by atoms with van der Waals surface area (Å²) in [6.07, 6.45) is 9.28. The maximum atomic E-state index is 10.2. The van der Waals surface area contributed by atoms with E-state index >= 15 is 0 Å². The number of hydrogen-bond donors (Lipinski definition) is 0. The monoisotopic (exact) mass is 484 g/mol. The van der Waals surface area contributed by atoms with Crippen LogP contribution >= 0.6 is 12.4 Å². The number of methoxy groups -OCH3 is 2. The Morgan fingerprint density at radius 2 is 1.62 bits per heavy atom. The minimum absolute atomic E-state index is 0. The number of benzene rings is 1. The molecule has 0 N–H and O–H groups in total. The summed E-state index contributed by atoms with van der Waals surface area (Å²) in [6.45, 7) is 6.14. The predicted octanol–water partition coefficient (Wildman–Crippen LogP) is 6.08. The molecule has 1 unspecified atom stereocenters. The number of halogens is 1. The van der Waals surface area contributed by atoms with E-state index in [4.69, 9.17) is 9.47 Å². The van der Waals surface area contributed by atoms with Crippen LogP contribution < -0.4 is 9.47 Å². The Morgan fingerprint density at radius 1 is 1.03 bits per heavy atom. The largest absolute Gasteiger partial charge is 0.493 e. The molecule has 186 valence electrons. The Morgan fingerprint density at radius 3 is 2.12 bits per heavy atom. The van der Waals surface area contributed by atoms with Gasteiger partial charge in [-0.2, -0.15) is 5.26 Å². The molecule has 5 rings (SSSR count). The first kappa shape index (κ1) is 26.7. The number of hydrogen-bond acceptors (Lipinski definition) is 4. The van der Waals surface area contributed by atoms with E-state index in [1.807, 2.05) is 18.2 Å². The molecule has 5 heteroatoms. The molecule has 4 saturated carbocycles. The third kappa shape index (κ3) is 5.19. The molecule has 1 aromatic carbocycles. The van der Waals surface area contributed by atoms with E-state index in [2.05, 4.69) is 43.7 Å². The van der Waals surface area contributed by atoms with Gasteiger partial charge in [0.25, 0.3) is 0 Å². The highest BCUT2D eigenvalue weighted by Crippen LogP contribution is 2.60. The van der Waals surface area contributed by atoms with Crippen molar-refractivity contribution in [1.82, 2.24) is 4.90 Å². The lowest BCUT2D eigenvalue weighted by atomic mass is 9.49. The Hall–Kier alpha value is -1.88. The first-order valence-electron chi connectivity index (χ1n) is 12.6. The fourth-order valence-electron chi connectivity index (χ4n) is 7.49. The van der Waals surface area contributed by atoms with Gasteiger partial charge >= 0.3 is 0 Å². The van der Waals surface area contributed by atoms with Crippen molar-refractivity contribution in [1.29, 1.82) is 5.26 Å². The van der Waals surface area contributed by atoms with Crippen molar-refractivity contribution in [2.45, 2.75) is 64.2 Å². The van der Waals surface area contributed by atoms with E-state index in [1.165, 1.54) is 45.1 Å². The Labute approximate surface area is 212 Å². The molecule has 34 heavy (non-hydrogen) atoms. The fourth-order valence-corrected chi connectivity index (χ4v) is 7.49. The maximum absolute atomic E-state index is 10.2. The van der Waals surface area contributed by atoms with E-state index in [0.717, 1.165) is 29.9 Å². The summed E-state index contributed by atoms with van der Waals surface area (Å²) in [5.41, 5.74) is 0.804. The van der Waals surface area contributed by atoms with Gasteiger partial charge in [-0.25, -0.2) is 0 Å². The second-order valence-electron chi connectivity index (χ2n) is 11.4. The third-order valence-corrected chi connectivity index (χ3v) is 8.70. The molecule has 0 saturated heterocycles. The van der Waals surface area contributed by atoms with Gasteiger partial charge in [0.1, 0.15) is 0 Å². The van der Waals surface area contributed by atoms with E-state index < -0.39 is 5.41 Å². The third-order valence-electron chi connectivity index (χ3n) is 8.70. The van der Waals surface area contributed by atoms with Gasteiger partial charge in [0.2, 0.25) is 0 Å². The number of rotatable bonds is 8. The van der Waals surface area contributed by atoms with E-state index in [0.29, 0.717) is 23.3 Å². The smallest absolute Gasteiger partial charge is 0.161 e. The van der Waals surface area contributed by atoms with Crippen LogP contribution in [-0.2, 0) is 5.41 Å². The average molecular weight is 485 g/mol. The van der Waals surface area contributed by atoms with Gasteiger partial charge in [0.05, 0.1) is 32.2 Å². The summed E-state index contributed by atoms with van der Waals surface area (Å²) in [5, 5.41) is 10.2. The van der Waals surface area contributed by atoms with Crippen molar-refractivity contribution in [3.63, 3.8) is 0 Å². The van der Waals surface area contributed by atoms with Gasteiger partial charge in [-0.05, 0) is 92.4 Å². The summed E-state index contributed by atoms with van der Waals surface area (Å²) in [4.78, 5) is 2.43. The average Bonchev–Trinajstić information content (AvgIpc) is 2.77. The van der Waals surface area contributed by atoms with Gasteiger partial charge < -0.3 is 9.47 Å². The first-order chi connectivity index (χ1) is 15.8. The van der Waals surface area contributed by atoms with Crippen LogP contribution in [0.5, 0.6) is 11.5 Å². The van der Waals surface area contributed by atoms with E-state index in [1.54, 1.807) is 14.2 Å². The molecule has 1 aromatic rings. The number of nitrogens with zero attached hydrogens (tertiary/aromatic N) is 2. The zero-order valence-corrected chi connectivity index (χ0v) is 22.3. The van der Waals surface area contributed by atoms with Crippen LogP contribution in [0, 0.1) is 52.3 Å². The van der Waals surface area contributed by atoms with Gasteiger partial charge in [-0.3, -0.25) is 4.90 Å². The maximum Gasteiger partial charge on any atom is 0.161 e. The molecule has 0 radical (unpaired) electrons. The highest BCUT2D eigenvalue weighted by molar-refractivity contribution is 5.85. The van der Waals surface area contributed by atoms with Gasteiger partial charge in [-0.1, -0.05) is 31.8 Å². The SMILES string of the molecule is COc1ccc(C(C#N)(CC#CCN(C)CC23CC4CC(CC(C4)C2)C3)C(C)C)cc1OC.Cl. The van der Waals surface area contributed by atoms with Crippen LogP contribution in [0.1, 0.15) is 64.4 Å². The van der Waals surface area contributed by atoms with Crippen LogP contribution in [0.2, 0.25) is 0 Å². The van der Waals surface area contributed by atoms with Gasteiger partial charge in [-0.15, -0.1) is 12.4 Å². The number of nitriles is 1. The molecule has 4 aliphatic rings. The normalized spacial score (nSPS) is 28.5. The quantitative estimate of drug-likeness (QED) is 0.419. The standard InChI is InChI=1S/C29H40N2O2.ClH/c1-21(2)29(19-30,25-8-9-26(32-4)27(15-25)33-5)10-6-7-11-31(3)20-28-16-22-12-23(17-28)14-24(13-22)18-28;/h8-9,15,21-24H,10-14,16-18,20H2,1-5H3;1H. The molecule has 4 aliphatic carbocycles. The summed E-state index contributed by atoms with van der Waals surface area (Å²) in [6, 6.07) is 8.39. The predicted molar refractivity (Wildman–Crippen MR) is 139 cm³/mol. The van der Waals surface area contributed by atoms with E-state index in [9.17, 15) is 5.26 Å². The number of ether oxygens (including phenoxy) is 2. The van der Waals surface area contributed by atoms with E-state index in [-0.39, 0.29) is 18.3 Å². The van der Waals surface area contributed by atoms with Crippen molar-refractivity contribution in [2.75, 3.05) is 34.4 Å². The summed E-state index contributed by atoms with van der Waals surface area (Å²) >= 11 is 0. The van der Waals surface area contributed by atoms with Crippen molar-refractivity contribution in [2.24, 2.45) is 29.1 Å². The molecular formula is C29H41ClN2O2. The molecule has 0 spiro atoms. The first-order valence-corrected chi connectivity index (χ1v) is 12.6. The van der Waals surface area contributed by atoms with Crippen LogP contribution in [-0.4, -0.2) is 39.3 Å².